The van der Waals surface area contributed by atoms with E-state index in [1.807, 2.05) is 31.4 Å². The van der Waals surface area contributed by atoms with Gasteiger partial charge in [0.2, 0.25) is 0 Å². The molecule has 3 heterocycles. The van der Waals surface area contributed by atoms with Crippen molar-refractivity contribution >= 4 is 28.8 Å². The van der Waals surface area contributed by atoms with Crippen molar-refractivity contribution in [3.05, 3.63) is 57.8 Å². The lowest BCUT2D eigenvalue weighted by molar-refractivity contribution is -0.140. The summed E-state index contributed by atoms with van der Waals surface area (Å²) in [6.45, 7) is 8.68. The maximum atomic E-state index is 13.0. The molecule has 7 nitrogen and oxygen atoms in total. The summed E-state index contributed by atoms with van der Waals surface area (Å²) in [5, 5.41) is 16.4. The number of ketones is 1. The van der Waals surface area contributed by atoms with Gasteiger partial charge >= 0.3 is 0 Å². The molecule has 2 N–H and O–H groups in total. The lowest BCUT2D eigenvalue weighted by Gasteiger charge is -2.30. The van der Waals surface area contributed by atoms with Gasteiger partial charge in [0.1, 0.15) is 11.5 Å². The lowest BCUT2D eigenvalue weighted by atomic mass is 10.00. The number of carbonyl (C=O) groups is 2. The second-order valence-corrected chi connectivity index (χ2v) is 9.27. The molecule has 4 rings (SSSR count). The predicted molar refractivity (Wildman–Crippen MR) is 125 cm³/mol. The fourth-order valence-electron chi connectivity index (χ4n) is 4.16. The topological polar surface area (TPSA) is 82.1 Å². The number of aliphatic hydroxyl groups excluding tert-OH is 1. The fourth-order valence-corrected chi connectivity index (χ4v) is 5.00. The Hall–Kier alpha value is -2.68. The van der Waals surface area contributed by atoms with E-state index in [4.69, 9.17) is 4.74 Å². The minimum Gasteiger partial charge on any atom is -0.507 e. The van der Waals surface area contributed by atoms with Gasteiger partial charge in [-0.15, -0.1) is 11.3 Å². The number of carbonyl (C=O) groups excluding carboxylic acids is 2. The van der Waals surface area contributed by atoms with E-state index in [0.29, 0.717) is 24.4 Å². The van der Waals surface area contributed by atoms with Crippen molar-refractivity contribution in [2.75, 3.05) is 39.3 Å². The molecule has 8 heteroatoms. The van der Waals surface area contributed by atoms with E-state index >= 15 is 0 Å². The number of nitrogens with one attached hydrogen (secondary N) is 1. The number of piperazine rings is 1. The fraction of sp³-hybridized carbons (Fsp3) is 0.417. The molecule has 0 radical (unpaired) electrons. The molecule has 0 saturated carbocycles. The zero-order chi connectivity index (χ0) is 22.7. The van der Waals surface area contributed by atoms with Gasteiger partial charge in [0.05, 0.1) is 17.7 Å². The van der Waals surface area contributed by atoms with Gasteiger partial charge in [-0.3, -0.25) is 14.5 Å². The number of thiophene rings is 1. The molecule has 2 aliphatic heterocycles. The van der Waals surface area contributed by atoms with Gasteiger partial charge in [0.15, 0.2) is 0 Å². The van der Waals surface area contributed by atoms with E-state index in [2.05, 4.69) is 10.2 Å². The van der Waals surface area contributed by atoms with Crippen LogP contribution in [-0.4, -0.2) is 72.0 Å². The highest BCUT2D eigenvalue weighted by Crippen LogP contribution is 2.41. The first-order valence-corrected chi connectivity index (χ1v) is 11.9. The van der Waals surface area contributed by atoms with Crippen LogP contribution in [0.5, 0.6) is 5.75 Å². The van der Waals surface area contributed by atoms with Crippen molar-refractivity contribution in [2.24, 2.45) is 0 Å². The molecule has 0 aliphatic carbocycles. The van der Waals surface area contributed by atoms with Gasteiger partial charge in [0.25, 0.3) is 11.7 Å². The zero-order valence-corrected chi connectivity index (χ0v) is 19.2. The van der Waals surface area contributed by atoms with Crippen LogP contribution in [0.4, 0.5) is 0 Å². The molecule has 0 spiro atoms. The first-order valence-electron chi connectivity index (χ1n) is 11.0. The first kappa shape index (κ1) is 22.5. The molecule has 2 fully saturated rings. The monoisotopic (exact) mass is 455 g/mol. The predicted octanol–water partition coefficient (Wildman–Crippen LogP) is 2.86. The van der Waals surface area contributed by atoms with Gasteiger partial charge in [0, 0.05) is 49.7 Å². The third kappa shape index (κ3) is 4.72. The minimum absolute atomic E-state index is 0.0364. The van der Waals surface area contributed by atoms with E-state index < -0.39 is 17.7 Å². The summed E-state index contributed by atoms with van der Waals surface area (Å²) in [4.78, 5) is 30.8. The van der Waals surface area contributed by atoms with Crippen LogP contribution < -0.4 is 10.1 Å². The number of Topliss-reactive ketones (excluding diaryl/α,β-unsaturated/α-hetero) is 1. The molecule has 32 heavy (non-hydrogen) atoms. The third-order valence-electron chi connectivity index (χ3n) is 5.72. The van der Waals surface area contributed by atoms with Crippen LogP contribution in [0.1, 0.15) is 30.3 Å². The Morgan fingerprint density at radius 1 is 1.16 bits per heavy atom. The van der Waals surface area contributed by atoms with Gasteiger partial charge < -0.3 is 20.1 Å². The summed E-state index contributed by atoms with van der Waals surface area (Å²) in [6, 6.07) is 10.2. The highest BCUT2D eigenvalue weighted by molar-refractivity contribution is 7.10. The van der Waals surface area contributed by atoms with Gasteiger partial charge in [-0.1, -0.05) is 6.07 Å². The van der Waals surface area contributed by atoms with Crippen molar-refractivity contribution in [2.45, 2.75) is 26.0 Å². The molecule has 2 saturated heterocycles. The molecule has 1 atom stereocenters. The molecule has 1 unspecified atom stereocenters. The van der Waals surface area contributed by atoms with E-state index in [9.17, 15) is 14.7 Å². The summed E-state index contributed by atoms with van der Waals surface area (Å²) in [7, 11) is 0. The standard InChI is InChI=1S/C24H29N3O4S/c1-16(2)31-18-7-5-17(6-8-18)22(28)20-21(19-4-3-15-32-19)27(24(30)23(20)29)14-13-26-11-9-25-10-12-26/h3-8,15-16,21,25,28H,9-14H2,1-2H3/b22-20+. The molecule has 1 aromatic carbocycles. The Morgan fingerprint density at radius 3 is 2.50 bits per heavy atom. The maximum Gasteiger partial charge on any atom is 0.295 e. The average Bonchev–Trinajstić information content (AvgIpc) is 3.40. The van der Waals surface area contributed by atoms with Crippen LogP contribution in [0, 0.1) is 0 Å². The van der Waals surface area contributed by atoms with E-state index in [-0.39, 0.29) is 17.4 Å². The Morgan fingerprint density at radius 2 is 1.88 bits per heavy atom. The van der Waals surface area contributed by atoms with Gasteiger partial charge in [-0.25, -0.2) is 0 Å². The number of amides is 1. The molecule has 2 aliphatic rings. The number of aliphatic hydroxyl groups is 1. The minimum atomic E-state index is -0.635. The molecule has 0 bridgehead atoms. The second kappa shape index (κ2) is 9.85. The van der Waals surface area contributed by atoms with Crippen molar-refractivity contribution < 1.29 is 19.4 Å². The summed E-state index contributed by atoms with van der Waals surface area (Å²) in [6.07, 6.45) is 0.0364. The van der Waals surface area contributed by atoms with Crippen LogP contribution in [0.3, 0.4) is 0 Å². The lowest BCUT2D eigenvalue weighted by Crippen LogP contribution is -2.46. The summed E-state index contributed by atoms with van der Waals surface area (Å²) in [5.41, 5.74) is 0.637. The molecule has 2 aromatic rings. The summed E-state index contributed by atoms with van der Waals surface area (Å²) >= 11 is 1.48. The number of hydrogen-bond acceptors (Lipinski definition) is 7. The Kier molecular flexibility index (Phi) is 6.93. The molecule has 1 amide bonds. The van der Waals surface area contributed by atoms with Gasteiger partial charge in [-0.2, -0.15) is 0 Å². The summed E-state index contributed by atoms with van der Waals surface area (Å²) in [5.74, 6) is -0.658. The van der Waals surface area contributed by atoms with Crippen molar-refractivity contribution in [3.8, 4) is 5.75 Å². The van der Waals surface area contributed by atoms with E-state index in [0.717, 1.165) is 31.1 Å². The number of nitrogens with zero attached hydrogens (tertiary/aromatic N) is 2. The number of benzene rings is 1. The Labute approximate surface area is 192 Å². The number of likely N-dealkylation sites (tertiary alicyclic amines) is 1. The summed E-state index contributed by atoms with van der Waals surface area (Å²) < 4.78 is 5.66. The van der Waals surface area contributed by atoms with Crippen LogP contribution in [-0.2, 0) is 9.59 Å². The first-order chi connectivity index (χ1) is 15.5. The SMILES string of the molecule is CC(C)Oc1ccc(/C(O)=C2\C(=O)C(=O)N(CCN3CCNCC3)C2c2cccs2)cc1. The highest BCUT2D eigenvalue weighted by Gasteiger charge is 2.46. The molecule has 170 valence electrons. The van der Waals surface area contributed by atoms with Crippen LogP contribution in [0.15, 0.2) is 47.4 Å². The van der Waals surface area contributed by atoms with Crippen molar-refractivity contribution in [1.82, 2.24) is 15.1 Å². The third-order valence-corrected chi connectivity index (χ3v) is 6.64. The second-order valence-electron chi connectivity index (χ2n) is 8.29. The molecule has 1 aromatic heterocycles. The van der Waals surface area contributed by atoms with E-state index in [1.54, 1.807) is 29.2 Å². The quantitative estimate of drug-likeness (QED) is 0.380. The van der Waals surface area contributed by atoms with Crippen LogP contribution in [0.2, 0.25) is 0 Å². The smallest absolute Gasteiger partial charge is 0.295 e. The largest absolute Gasteiger partial charge is 0.507 e. The highest BCUT2D eigenvalue weighted by atomic mass is 32.1. The Balaban J connectivity index is 1.64. The molecular formula is C24H29N3O4S. The van der Waals surface area contributed by atoms with Crippen molar-refractivity contribution in [3.63, 3.8) is 0 Å². The van der Waals surface area contributed by atoms with Gasteiger partial charge in [-0.05, 0) is 49.6 Å². The maximum absolute atomic E-state index is 13.0. The average molecular weight is 456 g/mol. The Bertz CT molecular complexity index is 979. The van der Waals surface area contributed by atoms with E-state index in [1.165, 1.54) is 11.3 Å². The number of rotatable bonds is 7. The van der Waals surface area contributed by atoms with Crippen LogP contribution in [0.25, 0.3) is 5.76 Å². The molecular weight excluding hydrogens is 426 g/mol. The van der Waals surface area contributed by atoms with Crippen LogP contribution >= 0.6 is 11.3 Å². The number of ether oxygens (including phenoxy) is 1. The number of hydrogen-bond donors (Lipinski definition) is 2. The normalized spacial score (nSPS) is 21.5. The zero-order valence-electron chi connectivity index (χ0n) is 18.4. The van der Waals surface area contributed by atoms with Crippen molar-refractivity contribution in [1.29, 1.82) is 0 Å².